The van der Waals surface area contributed by atoms with Crippen molar-refractivity contribution in [3.05, 3.63) is 35.9 Å². The third-order valence-corrected chi connectivity index (χ3v) is 2.84. The molecular formula is C15H19N3O5. The lowest BCUT2D eigenvalue weighted by Gasteiger charge is -2.17. The molecule has 1 rings (SSSR count). The van der Waals surface area contributed by atoms with E-state index in [1.165, 1.54) is 6.92 Å². The van der Waals surface area contributed by atoms with Crippen LogP contribution in [0, 0.1) is 0 Å². The van der Waals surface area contributed by atoms with Gasteiger partial charge in [0.1, 0.15) is 12.6 Å². The van der Waals surface area contributed by atoms with Crippen LogP contribution < -0.4 is 16.0 Å². The molecule has 3 amide bonds. The Bertz CT molecular complexity index is 574. The highest BCUT2D eigenvalue weighted by atomic mass is 16.4. The van der Waals surface area contributed by atoms with Gasteiger partial charge in [0.2, 0.25) is 17.7 Å². The van der Waals surface area contributed by atoms with Crippen LogP contribution in [-0.2, 0) is 25.6 Å². The van der Waals surface area contributed by atoms with E-state index < -0.39 is 30.4 Å². The van der Waals surface area contributed by atoms with Crippen LogP contribution in [0.4, 0.5) is 0 Å². The molecule has 1 atom stereocenters. The maximum atomic E-state index is 12.1. The highest BCUT2D eigenvalue weighted by molar-refractivity contribution is 5.90. The molecule has 8 heteroatoms. The van der Waals surface area contributed by atoms with E-state index in [0.717, 1.165) is 5.56 Å². The number of aliphatic carboxylic acids is 1. The van der Waals surface area contributed by atoms with Crippen LogP contribution >= 0.6 is 0 Å². The Morgan fingerprint density at radius 3 is 2.26 bits per heavy atom. The third kappa shape index (κ3) is 7.60. The van der Waals surface area contributed by atoms with E-state index in [0.29, 0.717) is 0 Å². The largest absolute Gasteiger partial charge is 0.480 e. The predicted octanol–water partition coefficient (Wildman–Crippen LogP) is -0.949. The van der Waals surface area contributed by atoms with Crippen molar-refractivity contribution < 1.29 is 24.3 Å². The molecule has 0 unspecified atom stereocenters. The second-order valence-electron chi connectivity index (χ2n) is 4.83. The van der Waals surface area contributed by atoms with E-state index in [2.05, 4.69) is 16.0 Å². The lowest BCUT2D eigenvalue weighted by atomic mass is 10.1. The van der Waals surface area contributed by atoms with E-state index in [-0.39, 0.29) is 18.9 Å². The number of nitrogens with one attached hydrogen (secondary N) is 3. The number of carboxylic acids is 1. The third-order valence-electron chi connectivity index (χ3n) is 2.84. The van der Waals surface area contributed by atoms with Crippen LogP contribution in [0.1, 0.15) is 12.5 Å². The SMILES string of the molecule is CC(=O)N[C@@H](Cc1ccccc1)C(=O)NCC(=O)NCC(=O)O. The van der Waals surface area contributed by atoms with E-state index in [1.807, 2.05) is 30.3 Å². The summed E-state index contributed by atoms with van der Waals surface area (Å²) in [5.74, 6) is -2.68. The molecule has 0 fully saturated rings. The van der Waals surface area contributed by atoms with Crippen molar-refractivity contribution in [2.45, 2.75) is 19.4 Å². The van der Waals surface area contributed by atoms with E-state index in [1.54, 1.807) is 0 Å². The fourth-order valence-electron chi connectivity index (χ4n) is 1.83. The van der Waals surface area contributed by atoms with Gasteiger partial charge in [-0.2, -0.15) is 0 Å². The normalized spacial score (nSPS) is 11.2. The summed E-state index contributed by atoms with van der Waals surface area (Å²) in [6, 6.07) is 8.30. The number of benzene rings is 1. The first-order valence-corrected chi connectivity index (χ1v) is 6.95. The summed E-state index contributed by atoms with van der Waals surface area (Å²) < 4.78 is 0. The lowest BCUT2D eigenvalue weighted by molar-refractivity contribution is -0.138. The zero-order valence-electron chi connectivity index (χ0n) is 12.7. The molecule has 23 heavy (non-hydrogen) atoms. The lowest BCUT2D eigenvalue weighted by Crippen LogP contribution is -2.49. The summed E-state index contributed by atoms with van der Waals surface area (Å²) in [5, 5.41) is 15.5. The molecular weight excluding hydrogens is 302 g/mol. The molecule has 0 bridgehead atoms. The molecule has 0 saturated heterocycles. The van der Waals surface area contributed by atoms with Crippen LogP contribution in [0.5, 0.6) is 0 Å². The molecule has 124 valence electrons. The van der Waals surface area contributed by atoms with Crippen LogP contribution in [-0.4, -0.2) is 47.9 Å². The van der Waals surface area contributed by atoms with Crippen molar-refractivity contribution in [2.75, 3.05) is 13.1 Å². The van der Waals surface area contributed by atoms with Gasteiger partial charge in [0.15, 0.2) is 0 Å². The first-order valence-electron chi connectivity index (χ1n) is 6.95. The summed E-state index contributed by atoms with van der Waals surface area (Å²) in [5.41, 5.74) is 0.858. The average Bonchev–Trinajstić information content (AvgIpc) is 2.50. The number of amides is 3. The molecule has 0 aliphatic heterocycles. The first kappa shape index (κ1) is 18.1. The van der Waals surface area contributed by atoms with E-state index in [9.17, 15) is 19.2 Å². The summed E-state index contributed by atoms with van der Waals surface area (Å²) in [7, 11) is 0. The zero-order chi connectivity index (χ0) is 17.2. The number of hydrogen-bond donors (Lipinski definition) is 4. The van der Waals surface area contributed by atoms with Crippen LogP contribution in [0.15, 0.2) is 30.3 Å². The fraction of sp³-hybridized carbons (Fsp3) is 0.333. The molecule has 8 nitrogen and oxygen atoms in total. The van der Waals surface area contributed by atoms with Crippen molar-refractivity contribution in [2.24, 2.45) is 0 Å². The Balaban J connectivity index is 2.56. The summed E-state index contributed by atoms with van der Waals surface area (Å²) >= 11 is 0. The maximum absolute atomic E-state index is 12.1. The summed E-state index contributed by atoms with van der Waals surface area (Å²) in [6.07, 6.45) is 0.281. The minimum Gasteiger partial charge on any atom is -0.480 e. The van der Waals surface area contributed by atoms with E-state index in [4.69, 9.17) is 5.11 Å². The first-order chi connectivity index (χ1) is 10.9. The molecule has 4 N–H and O–H groups in total. The monoisotopic (exact) mass is 321 g/mol. The van der Waals surface area contributed by atoms with Crippen LogP contribution in [0.3, 0.4) is 0 Å². The number of carboxylic acid groups (broad SMARTS) is 1. The number of hydrogen-bond acceptors (Lipinski definition) is 4. The number of carbonyl (C=O) groups is 4. The van der Waals surface area contributed by atoms with Crippen molar-refractivity contribution >= 4 is 23.7 Å². The standard InChI is InChI=1S/C15H19N3O5/c1-10(19)18-12(7-11-5-3-2-4-6-11)15(23)17-8-13(20)16-9-14(21)22/h2-6,12H,7-9H2,1H3,(H,16,20)(H,17,23)(H,18,19)(H,21,22)/t12-/m0/s1. The number of rotatable bonds is 8. The van der Waals surface area contributed by atoms with Gasteiger partial charge < -0.3 is 21.1 Å². The van der Waals surface area contributed by atoms with Gasteiger partial charge in [-0.25, -0.2) is 0 Å². The van der Waals surface area contributed by atoms with Crippen LogP contribution in [0.25, 0.3) is 0 Å². The average molecular weight is 321 g/mol. The minimum absolute atomic E-state index is 0.281. The summed E-state index contributed by atoms with van der Waals surface area (Å²) in [4.78, 5) is 45.0. The zero-order valence-corrected chi connectivity index (χ0v) is 12.7. The maximum Gasteiger partial charge on any atom is 0.322 e. The molecule has 0 saturated carbocycles. The predicted molar refractivity (Wildman–Crippen MR) is 81.4 cm³/mol. The van der Waals surface area contributed by atoms with Gasteiger partial charge in [-0.3, -0.25) is 19.2 Å². The molecule has 0 aliphatic rings. The number of carbonyl (C=O) groups excluding carboxylic acids is 3. The second kappa shape index (κ2) is 9.19. The Hall–Kier alpha value is -2.90. The van der Waals surface area contributed by atoms with Crippen molar-refractivity contribution in [1.29, 1.82) is 0 Å². The van der Waals surface area contributed by atoms with Crippen molar-refractivity contribution in [1.82, 2.24) is 16.0 Å². The van der Waals surface area contributed by atoms with Crippen molar-refractivity contribution in [3.63, 3.8) is 0 Å². The Kier molecular flexibility index (Phi) is 7.25. The van der Waals surface area contributed by atoms with Gasteiger partial charge in [0.25, 0.3) is 0 Å². The Morgan fingerprint density at radius 2 is 1.70 bits per heavy atom. The highest BCUT2D eigenvalue weighted by Crippen LogP contribution is 2.03. The molecule has 0 aromatic heterocycles. The van der Waals surface area contributed by atoms with E-state index >= 15 is 0 Å². The second-order valence-corrected chi connectivity index (χ2v) is 4.83. The quantitative estimate of drug-likeness (QED) is 0.491. The fourth-order valence-corrected chi connectivity index (χ4v) is 1.83. The highest BCUT2D eigenvalue weighted by Gasteiger charge is 2.20. The summed E-state index contributed by atoms with van der Waals surface area (Å²) in [6.45, 7) is 0.412. The molecule has 0 heterocycles. The van der Waals surface area contributed by atoms with Gasteiger partial charge in [-0.05, 0) is 5.56 Å². The van der Waals surface area contributed by atoms with Crippen LogP contribution in [0.2, 0.25) is 0 Å². The molecule has 0 radical (unpaired) electrons. The van der Waals surface area contributed by atoms with Gasteiger partial charge in [0.05, 0.1) is 6.54 Å². The van der Waals surface area contributed by atoms with Gasteiger partial charge in [-0.15, -0.1) is 0 Å². The van der Waals surface area contributed by atoms with Gasteiger partial charge in [0, 0.05) is 13.3 Å². The molecule has 1 aromatic carbocycles. The topological polar surface area (TPSA) is 125 Å². The molecule has 1 aromatic rings. The van der Waals surface area contributed by atoms with Crippen molar-refractivity contribution in [3.8, 4) is 0 Å². The Morgan fingerprint density at radius 1 is 1.04 bits per heavy atom. The molecule has 0 spiro atoms. The van der Waals surface area contributed by atoms with Gasteiger partial charge >= 0.3 is 5.97 Å². The molecule has 0 aliphatic carbocycles. The Labute approximate surface area is 133 Å². The minimum atomic E-state index is -1.18. The smallest absolute Gasteiger partial charge is 0.322 e. The van der Waals surface area contributed by atoms with Gasteiger partial charge in [-0.1, -0.05) is 30.3 Å².